The van der Waals surface area contributed by atoms with Gasteiger partial charge in [-0.15, -0.1) is 5.73 Å². The van der Waals surface area contributed by atoms with Crippen LogP contribution in [-0.4, -0.2) is 17.3 Å². The van der Waals surface area contributed by atoms with Crippen molar-refractivity contribution in [2.75, 3.05) is 6.61 Å². The number of hydrogen-bond donors (Lipinski definition) is 0. The summed E-state index contributed by atoms with van der Waals surface area (Å²) in [5, 5.41) is 0. The molecule has 0 N–H and O–H groups in total. The third-order valence-corrected chi connectivity index (χ3v) is 4.35. The first-order valence-corrected chi connectivity index (χ1v) is 8.94. The predicted molar refractivity (Wildman–Crippen MR) is 105 cm³/mol. The number of halogens is 4. The van der Waals surface area contributed by atoms with Crippen LogP contribution in [0, 0.1) is 5.82 Å². The van der Waals surface area contributed by atoms with Crippen LogP contribution in [-0.2, 0) is 6.18 Å². The Morgan fingerprint density at radius 3 is 2.57 bits per heavy atom. The molecule has 30 heavy (non-hydrogen) atoms. The van der Waals surface area contributed by atoms with Gasteiger partial charge >= 0.3 is 6.18 Å². The summed E-state index contributed by atoms with van der Waals surface area (Å²) in [6.45, 7) is 0.168. The minimum atomic E-state index is -4.48. The molecule has 150 valence electrons. The number of rotatable bonds is 4. The monoisotopic (exact) mass is 410 g/mol. The molecule has 0 atom stereocenters. The molecular formula is C23H14F4N2O. The molecule has 2 heterocycles. The number of aromatic nitrogens is 1. The van der Waals surface area contributed by atoms with E-state index in [1.807, 2.05) is 12.2 Å². The van der Waals surface area contributed by atoms with Crippen LogP contribution in [0.15, 0.2) is 95.0 Å². The maximum atomic E-state index is 13.2. The summed E-state index contributed by atoms with van der Waals surface area (Å²) in [6, 6.07) is 8.17. The van der Waals surface area contributed by atoms with Crippen molar-refractivity contribution in [3.63, 3.8) is 0 Å². The van der Waals surface area contributed by atoms with Crippen LogP contribution in [0.2, 0.25) is 0 Å². The summed E-state index contributed by atoms with van der Waals surface area (Å²) in [4.78, 5) is 7.97. The fourth-order valence-corrected chi connectivity index (χ4v) is 2.89. The standard InChI is InChI=1S/C23H14F4N2O/c24-18-4-2-5-20(12-18)30-14-19-11-16-8-7-15(3-1-6-21(16)29-19)17-9-10-22(28-13-17)23(25,26)27/h2-13H,14H2. The summed E-state index contributed by atoms with van der Waals surface area (Å²) in [6.07, 6.45) is 5.46. The van der Waals surface area contributed by atoms with Gasteiger partial charge < -0.3 is 4.74 Å². The molecule has 1 aliphatic carbocycles. The first-order chi connectivity index (χ1) is 14.4. The van der Waals surface area contributed by atoms with E-state index in [-0.39, 0.29) is 12.4 Å². The highest BCUT2D eigenvalue weighted by Crippen LogP contribution is 2.29. The number of ether oxygens (including phenoxy) is 1. The molecule has 0 unspecified atom stereocenters. The van der Waals surface area contributed by atoms with Gasteiger partial charge in [0, 0.05) is 29.5 Å². The molecule has 0 radical (unpaired) electrons. The smallest absolute Gasteiger partial charge is 0.433 e. The number of fused-ring (bicyclic) bond motifs is 1. The Balaban J connectivity index is 1.52. The van der Waals surface area contributed by atoms with Crippen LogP contribution in [0.4, 0.5) is 17.6 Å². The zero-order valence-electron chi connectivity index (χ0n) is 15.4. The van der Waals surface area contributed by atoms with E-state index in [9.17, 15) is 17.6 Å². The number of hydrogen-bond acceptors (Lipinski definition) is 3. The second-order valence-electron chi connectivity index (χ2n) is 6.51. The lowest BCUT2D eigenvalue weighted by atomic mass is 10.0. The molecule has 0 bridgehead atoms. The van der Waals surface area contributed by atoms with Crippen molar-refractivity contribution in [1.82, 2.24) is 4.98 Å². The predicted octanol–water partition coefficient (Wildman–Crippen LogP) is 5.69. The van der Waals surface area contributed by atoms with Crippen LogP contribution in [0.1, 0.15) is 11.3 Å². The molecule has 2 aromatic rings. The highest BCUT2D eigenvalue weighted by Gasteiger charge is 2.32. The summed E-state index contributed by atoms with van der Waals surface area (Å²) in [5.74, 6) is 0.0221. The highest BCUT2D eigenvalue weighted by molar-refractivity contribution is 6.13. The van der Waals surface area contributed by atoms with Gasteiger partial charge in [-0.2, -0.15) is 13.2 Å². The summed E-state index contributed by atoms with van der Waals surface area (Å²) in [7, 11) is 0. The highest BCUT2D eigenvalue weighted by atomic mass is 19.4. The molecule has 0 saturated heterocycles. The molecule has 0 fully saturated rings. The van der Waals surface area contributed by atoms with Crippen LogP contribution < -0.4 is 4.74 Å². The van der Waals surface area contributed by atoms with E-state index < -0.39 is 11.9 Å². The van der Waals surface area contributed by atoms with Gasteiger partial charge in [-0.05, 0) is 35.9 Å². The van der Waals surface area contributed by atoms with E-state index in [2.05, 4.69) is 15.7 Å². The van der Waals surface area contributed by atoms with Crippen molar-refractivity contribution in [2.24, 2.45) is 4.99 Å². The Morgan fingerprint density at radius 2 is 1.83 bits per heavy atom. The molecular weight excluding hydrogens is 396 g/mol. The van der Waals surface area contributed by atoms with Crippen LogP contribution in [0.3, 0.4) is 0 Å². The minimum absolute atomic E-state index is 0.168. The zero-order chi connectivity index (χ0) is 21.1. The van der Waals surface area contributed by atoms with Gasteiger partial charge in [0.1, 0.15) is 23.9 Å². The van der Waals surface area contributed by atoms with Gasteiger partial charge in [0.2, 0.25) is 0 Å². The van der Waals surface area contributed by atoms with E-state index in [0.717, 1.165) is 11.6 Å². The number of benzene rings is 1. The molecule has 0 saturated carbocycles. The largest absolute Gasteiger partial charge is 0.487 e. The topological polar surface area (TPSA) is 34.5 Å². The third kappa shape index (κ3) is 4.47. The van der Waals surface area contributed by atoms with Gasteiger partial charge in [-0.3, -0.25) is 4.98 Å². The first kappa shape index (κ1) is 19.6. The molecule has 2 aliphatic rings. The summed E-state index contributed by atoms with van der Waals surface area (Å²) >= 11 is 0. The maximum Gasteiger partial charge on any atom is 0.433 e. The molecule has 1 aromatic carbocycles. The van der Waals surface area contributed by atoms with Crippen molar-refractivity contribution in [2.45, 2.75) is 6.18 Å². The number of alkyl halides is 3. The second-order valence-corrected chi connectivity index (χ2v) is 6.51. The van der Waals surface area contributed by atoms with Gasteiger partial charge in [-0.25, -0.2) is 9.38 Å². The van der Waals surface area contributed by atoms with Crippen molar-refractivity contribution in [1.29, 1.82) is 0 Å². The van der Waals surface area contributed by atoms with Gasteiger partial charge in [0.05, 0.1) is 11.4 Å². The van der Waals surface area contributed by atoms with Crippen LogP contribution in [0.25, 0.3) is 5.57 Å². The Bertz CT molecular complexity index is 1160. The normalized spacial score (nSPS) is 15.5. The Kier molecular flexibility index (Phi) is 5.21. The fourth-order valence-electron chi connectivity index (χ4n) is 2.89. The van der Waals surface area contributed by atoms with E-state index in [1.165, 1.54) is 24.4 Å². The average molecular weight is 410 g/mol. The molecule has 7 heteroatoms. The second kappa shape index (κ2) is 7.97. The number of allylic oxidation sites excluding steroid dienone is 6. The zero-order valence-corrected chi connectivity index (χ0v) is 15.4. The molecule has 1 aliphatic heterocycles. The van der Waals surface area contributed by atoms with Gasteiger partial charge in [0.15, 0.2) is 0 Å². The maximum absolute atomic E-state index is 13.2. The van der Waals surface area contributed by atoms with Crippen molar-refractivity contribution < 1.29 is 22.3 Å². The lowest BCUT2D eigenvalue weighted by Crippen LogP contribution is -2.07. The van der Waals surface area contributed by atoms with Crippen molar-refractivity contribution in [3.05, 3.63) is 107 Å². The first-order valence-electron chi connectivity index (χ1n) is 8.94. The van der Waals surface area contributed by atoms with Crippen LogP contribution >= 0.6 is 0 Å². The van der Waals surface area contributed by atoms with E-state index in [0.29, 0.717) is 28.3 Å². The Hall–Kier alpha value is -3.70. The molecule has 1 aromatic heterocycles. The lowest BCUT2D eigenvalue weighted by molar-refractivity contribution is -0.141. The van der Waals surface area contributed by atoms with Crippen molar-refractivity contribution in [3.8, 4) is 5.75 Å². The molecule has 4 rings (SSSR count). The summed E-state index contributed by atoms with van der Waals surface area (Å²) < 4.78 is 56.9. The molecule has 0 amide bonds. The molecule has 3 nitrogen and oxygen atoms in total. The van der Waals surface area contributed by atoms with E-state index in [1.54, 1.807) is 30.4 Å². The lowest BCUT2D eigenvalue weighted by Gasteiger charge is -2.07. The third-order valence-electron chi connectivity index (χ3n) is 4.35. The van der Waals surface area contributed by atoms with E-state index in [4.69, 9.17) is 4.74 Å². The van der Waals surface area contributed by atoms with Gasteiger partial charge in [-0.1, -0.05) is 24.3 Å². The number of nitrogens with zero attached hydrogens (tertiary/aromatic N) is 2. The van der Waals surface area contributed by atoms with Gasteiger partial charge in [0.25, 0.3) is 0 Å². The quantitative estimate of drug-likeness (QED) is 0.479. The summed E-state index contributed by atoms with van der Waals surface area (Å²) in [5.41, 5.74) is 5.41. The minimum Gasteiger partial charge on any atom is -0.487 e. The fraction of sp³-hybridized carbons (Fsp3) is 0.0870. The Labute approximate surface area is 169 Å². The number of pyridine rings is 1. The van der Waals surface area contributed by atoms with E-state index >= 15 is 0 Å². The molecule has 0 spiro atoms. The average Bonchev–Trinajstić information content (AvgIpc) is 3.07. The Morgan fingerprint density at radius 1 is 1.00 bits per heavy atom. The SMILES string of the molecule is Fc1cccc(OCC2=CC3=CC=C(c4ccc(C(F)(F)F)nc4)C=C=CC3=N2)c1. The van der Waals surface area contributed by atoms with Crippen LogP contribution in [0.5, 0.6) is 5.75 Å². The number of aliphatic imine (C=N–C) groups is 1. The van der Waals surface area contributed by atoms with Crippen molar-refractivity contribution >= 4 is 11.3 Å².